The molecular formula is C14H20N2O3S. The van der Waals surface area contributed by atoms with E-state index < -0.39 is 10.0 Å². The summed E-state index contributed by atoms with van der Waals surface area (Å²) < 4.78 is 25.2. The Labute approximate surface area is 120 Å². The Morgan fingerprint density at radius 2 is 2.05 bits per heavy atom. The summed E-state index contributed by atoms with van der Waals surface area (Å²) >= 11 is 0. The van der Waals surface area contributed by atoms with Gasteiger partial charge in [0.05, 0.1) is 11.7 Å². The van der Waals surface area contributed by atoms with Gasteiger partial charge in [-0.1, -0.05) is 18.2 Å². The third kappa shape index (κ3) is 3.58. The Hall–Kier alpha value is -1.40. The van der Waals surface area contributed by atoms with E-state index in [4.69, 9.17) is 0 Å². The molecule has 0 bridgehead atoms. The fourth-order valence-electron chi connectivity index (χ4n) is 2.36. The summed E-state index contributed by atoms with van der Waals surface area (Å²) in [5.74, 6) is -0.294. The summed E-state index contributed by atoms with van der Waals surface area (Å²) in [6, 6.07) is 9.23. The Morgan fingerprint density at radius 3 is 2.70 bits per heavy atom. The van der Waals surface area contributed by atoms with Crippen LogP contribution in [0.2, 0.25) is 0 Å². The van der Waals surface area contributed by atoms with Gasteiger partial charge in [0.25, 0.3) is 0 Å². The highest BCUT2D eigenvalue weighted by molar-refractivity contribution is 7.89. The molecule has 20 heavy (non-hydrogen) atoms. The molecule has 1 aliphatic rings. The van der Waals surface area contributed by atoms with Crippen LogP contribution in [0.25, 0.3) is 0 Å². The van der Waals surface area contributed by atoms with E-state index in [0.29, 0.717) is 6.54 Å². The number of anilines is 1. The van der Waals surface area contributed by atoms with Crippen LogP contribution in [0.15, 0.2) is 30.3 Å². The predicted octanol–water partition coefficient (Wildman–Crippen LogP) is 1.69. The third-order valence-corrected chi connectivity index (χ3v) is 5.40. The smallest absolute Gasteiger partial charge is 0.228 e. The summed E-state index contributed by atoms with van der Waals surface area (Å²) in [6.45, 7) is 2.43. The highest BCUT2D eigenvalue weighted by atomic mass is 32.2. The molecule has 1 N–H and O–H groups in total. The molecule has 1 atom stereocenters. The van der Waals surface area contributed by atoms with E-state index in [9.17, 15) is 13.2 Å². The lowest BCUT2D eigenvalue weighted by Gasteiger charge is -2.30. The molecule has 1 aromatic carbocycles. The second-order valence-corrected chi connectivity index (χ2v) is 7.21. The van der Waals surface area contributed by atoms with Crippen molar-refractivity contribution in [2.24, 2.45) is 5.92 Å². The van der Waals surface area contributed by atoms with Crippen LogP contribution in [-0.4, -0.2) is 37.5 Å². The van der Waals surface area contributed by atoms with Crippen LogP contribution < -0.4 is 5.32 Å². The van der Waals surface area contributed by atoms with E-state index in [0.717, 1.165) is 18.5 Å². The number of hydrogen-bond acceptors (Lipinski definition) is 3. The first-order chi connectivity index (χ1) is 9.53. The fraction of sp³-hybridized carbons (Fsp3) is 0.500. The maximum absolute atomic E-state index is 12.2. The molecule has 110 valence electrons. The Balaban J connectivity index is 2.00. The normalized spacial score (nSPS) is 20.6. The fourth-order valence-corrected chi connectivity index (χ4v) is 3.54. The minimum absolute atomic E-state index is 0.0834. The lowest BCUT2D eigenvalue weighted by Crippen LogP contribution is -2.44. The summed E-state index contributed by atoms with van der Waals surface area (Å²) in [5.41, 5.74) is 0.743. The molecule has 5 nitrogen and oxygen atoms in total. The zero-order valence-corrected chi connectivity index (χ0v) is 12.4. The standard InChI is InChI=1S/C14H20N2O3S/c1-2-20(18,19)16-10-6-7-12(11-16)14(17)15-13-8-4-3-5-9-13/h3-5,8-9,12H,2,6-7,10-11H2,1H3,(H,15,17). The first kappa shape index (κ1) is 15.0. The summed E-state index contributed by atoms with van der Waals surface area (Å²) in [5, 5.41) is 2.84. The molecule has 0 spiro atoms. The summed E-state index contributed by atoms with van der Waals surface area (Å²) in [4.78, 5) is 12.2. The lowest BCUT2D eigenvalue weighted by molar-refractivity contribution is -0.120. The van der Waals surface area contributed by atoms with Crippen molar-refractivity contribution in [3.8, 4) is 0 Å². The van der Waals surface area contributed by atoms with Crippen LogP contribution >= 0.6 is 0 Å². The van der Waals surface area contributed by atoms with Gasteiger partial charge in [0.1, 0.15) is 0 Å². The van der Waals surface area contributed by atoms with Crippen molar-refractivity contribution in [1.29, 1.82) is 0 Å². The molecule has 1 aromatic rings. The van der Waals surface area contributed by atoms with Gasteiger partial charge in [-0.25, -0.2) is 12.7 Å². The number of carbonyl (C=O) groups is 1. The minimum Gasteiger partial charge on any atom is -0.326 e. The van der Waals surface area contributed by atoms with E-state index in [1.165, 1.54) is 4.31 Å². The maximum Gasteiger partial charge on any atom is 0.228 e. The first-order valence-corrected chi connectivity index (χ1v) is 8.47. The number of amides is 1. The minimum atomic E-state index is -3.21. The van der Waals surface area contributed by atoms with Crippen LogP contribution in [0.5, 0.6) is 0 Å². The molecule has 1 saturated heterocycles. The second kappa shape index (κ2) is 6.37. The molecule has 0 aromatic heterocycles. The van der Waals surface area contributed by atoms with Gasteiger partial charge in [-0.05, 0) is 31.9 Å². The second-order valence-electron chi connectivity index (χ2n) is 4.95. The average Bonchev–Trinajstić information content (AvgIpc) is 2.48. The van der Waals surface area contributed by atoms with Gasteiger partial charge in [-0.15, -0.1) is 0 Å². The molecule has 6 heteroatoms. The molecule has 2 rings (SSSR count). The van der Waals surface area contributed by atoms with Crippen molar-refractivity contribution < 1.29 is 13.2 Å². The molecular weight excluding hydrogens is 276 g/mol. The van der Waals surface area contributed by atoms with Crippen molar-refractivity contribution in [3.63, 3.8) is 0 Å². The van der Waals surface area contributed by atoms with Gasteiger partial charge in [0.15, 0.2) is 0 Å². The monoisotopic (exact) mass is 296 g/mol. The van der Waals surface area contributed by atoms with Crippen LogP contribution in [0.4, 0.5) is 5.69 Å². The molecule has 1 unspecified atom stereocenters. The predicted molar refractivity (Wildman–Crippen MR) is 78.8 cm³/mol. The van der Waals surface area contributed by atoms with E-state index in [2.05, 4.69) is 5.32 Å². The van der Waals surface area contributed by atoms with E-state index >= 15 is 0 Å². The van der Waals surface area contributed by atoms with Gasteiger partial charge in [-0.2, -0.15) is 0 Å². The van der Waals surface area contributed by atoms with Gasteiger partial charge >= 0.3 is 0 Å². The molecule has 1 fully saturated rings. The van der Waals surface area contributed by atoms with Crippen molar-refractivity contribution >= 4 is 21.6 Å². The van der Waals surface area contributed by atoms with Gasteiger partial charge in [-0.3, -0.25) is 4.79 Å². The number of piperidine rings is 1. The van der Waals surface area contributed by atoms with Gasteiger partial charge in [0.2, 0.25) is 15.9 Å². The quantitative estimate of drug-likeness (QED) is 0.919. The zero-order valence-electron chi connectivity index (χ0n) is 11.6. The molecule has 0 radical (unpaired) electrons. The van der Waals surface area contributed by atoms with Crippen LogP contribution in [-0.2, 0) is 14.8 Å². The van der Waals surface area contributed by atoms with Crippen LogP contribution in [0, 0.1) is 5.92 Å². The first-order valence-electron chi connectivity index (χ1n) is 6.86. The molecule has 0 saturated carbocycles. The number of hydrogen-bond donors (Lipinski definition) is 1. The van der Waals surface area contributed by atoms with Crippen molar-refractivity contribution in [1.82, 2.24) is 4.31 Å². The largest absolute Gasteiger partial charge is 0.326 e. The SMILES string of the molecule is CCS(=O)(=O)N1CCCC(C(=O)Nc2ccccc2)C1. The Bertz CT molecular complexity index is 557. The molecule has 0 aliphatic carbocycles. The molecule has 1 amide bonds. The van der Waals surface area contributed by atoms with E-state index in [-0.39, 0.29) is 24.1 Å². The van der Waals surface area contributed by atoms with Crippen molar-refractivity contribution in [2.45, 2.75) is 19.8 Å². The van der Waals surface area contributed by atoms with Gasteiger partial charge < -0.3 is 5.32 Å². The Kier molecular flexibility index (Phi) is 4.77. The number of carbonyl (C=O) groups excluding carboxylic acids is 1. The topological polar surface area (TPSA) is 66.5 Å². The number of nitrogens with one attached hydrogen (secondary N) is 1. The number of sulfonamides is 1. The maximum atomic E-state index is 12.2. The van der Waals surface area contributed by atoms with Gasteiger partial charge in [0, 0.05) is 18.8 Å². The highest BCUT2D eigenvalue weighted by Crippen LogP contribution is 2.21. The highest BCUT2D eigenvalue weighted by Gasteiger charge is 2.31. The van der Waals surface area contributed by atoms with Crippen molar-refractivity contribution in [2.75, 3.05) is 24.2 Å². The summed E-state index contributed by atoms with van der Waals surface area (Å²) in [7, 11) is -3.21. The number of rotatable bonds is 4. The van der Waals surface area contributed by atoms with E-state index in [1.54, 1.807) is 6.92 Å². The van der Waals surface area contributed by atoms with Crippen molar-refractivity contribution in [3.05, 3.63) is 30.3 Å². The molecule has 1 aliphatic heterocycles. The third-order valence-electron chi connectivity index (χ3n) is 3.55. The number of nitrogens with zero attached hydrogens (tertiary/aromatic N) is 1. The van der Waals surface area contributed by atoms with Crippen LogP contribution in [0.3, 0.4) is 0 Å². The average molecular weight is 296 g/mol. The Morgan fingerprint density at radius 1 is 1.35 bits per heavy atom. The van der Waals surface area contributed by atoms with Crippen LogP contribution in [0.1, 0.15) is 19.8 Å². The summed E-state index contributed by atoms with van der Waals surface area (Å²) in [6.07, 6.45) is 1.46. The molecule has 1 heterocycles. The zero-order chi connectivity index (χ0) is 14.6. The lowest BCUT2D eigenvalue weighted by atomic mass is 9.99. The van der Waals surface area contributed by atoms with E-state index in [1.807, 2.05) is 30.3 Å². The number of para-hydroxylation sites is 1. The number of benzene rings is 1.